The molecule has 2 heterocycles. The molecule has 1 atom stereocenters. The number of benzene rings is 1. The predicted octanol–water partition coefficient (Wildman–Crippen LogP) is 3.23. The fourth-order valence-corrected chi connectivity index (χ4v) is 5.45. The molecule has 1 aromatic rings. The molecule has 2 aliphatic rings. The van der Waals surface area contributed by atoms with E-state index in [0.717, 1.165) is 62.0 Å². The molecule has 32 heavy (non-hydrogen) atoms. The molecule has 0 radical (unpaired) electrons. The Morgan fingerprint density at radius 1 is 1.25 bits per heavy atom. The van der Waals surface area contributed by atoms with E-state index in [2.05, 4.69) is 33.1 Å². The van der Waals surface area contributed by atoms with Gasteiger partial charge in [0.15, 0.2) is 0 Å². The van der Waals surface area contributed by atoms with E-state index < -0.39 is 0 Å². The summed E-state index contributed by atoms with van der Waals surface area (Å²) in [6.45, 7) is 8.73. The van der Waals surface area contributed by atoms with Crippen LogP contribution in [0.1, 0.15) is 54.4 Å². The average molecular weight is 441 g/mol. The van der Waals surface area contributed by atoms with Gasteiger partial charge in [0.2, 0.25) is 5.91 Å². The second-order valence-electron chi connectivity index (χ2n) is 9.29. The third-order valence-electron chi connectivity index (χ3n) is 7.38. The van der Waals surface area contributed by atoms with Crippen molar-refractivity contribution in [1.29, 1.82) is 0 Å². The van der Waals surface area contributed by atoms with Gasteiger partial charge < -0.3 is 15.5 Å². The van der Waals surface area contributed by atoms with Crippen LogP contribution in [0, 0.1) is 11.8 Å². The standard InChI is InChI=1S/C26H40N4O2/c1-4-5-8-25(26(32)27-2)29(3)18-23-22(19-31)7-6-9-24(23)30-16-12-21(13-17-30)20-10-14-28-15-11-20/h4,6-7,9,19-21,25,28H,1,5,8,10-18H2,2-3H3,(H,27,32). The van der Waals surface area contributed by atoms with Crippen LogP contribution in [-0.2, 0) is 11.3 Å². The van der Waals surface area contributed by atoms with Crippen LogP contribution in [0.3, 0.4) is 0 Å². The summed E-state index contributed by atoms with van der Waals surface area (Å²) in [7, 11) is 3.64. The number of rotatable bonds is 10. The SMILES string of the molecule is C=CCCC(C(=O)NC)N(C)Cc1c(C=O)cccc1N1CCC(C2CCNCC2)CC1. The smallest absolute Gasteiger partial charge is 0.237 e. The number of anilines is 1. The monoisotopic (exact) mass is 440 g/mol. The Morgan fingerprint density at radius 2 is 1.94 bits per heavy atom. The van der Waals surface area contributed by atoms with Gasteiger partial charge in [0, 0.05) is 37.9 Å². The van der Waals surface area contributed by atoms with Crippen molar-refractivity contribution in [1.82, 2.24) is 15.5 Å². The number of allylic oxidation sites excluding steroid dienone is 1. The summed E-state index contributed by atoms with van der Waals surface area (Å²) in [5.74, 6) is 1.66. The lowest BCUT2D eigenvalue weighted by Gasteiger charge is -2.40. The number of hydrogen-bond donors (Lipinski definition) is 2. The number of amides is 1. The lowest BCUT2D eigenvalue weighted by molar-refractivity contribution is -0.125. The number of hydrogen-bond acceptors (Lipinski definition) is 5. The first-order valence-electron chi connectivity index (χ1n) is 12.1. The Kier molecular flexibility index (Phi) is 9.30. The van der Waals surface area contributed by atoms with Crippen LogP contribution in [-0.4, -0.2) is 63.4 Å². The Morgan fingerprint density at radius 3 is 2.56 bits per heavy atom. The van der Waals surface area contributed by atoms with E-state index in [1.807, 2.05) is 25.3 Å². The molecule has 176 valence electrons. The molecule has 0 saturated carbocycles. The minimum Gasteiger partial charge on any atom is -0.371 e. The highest BCUT2D eigenvalue weighted by molar-refractivity contribution is 5.82. The summed E-state index contributed by atoms with van der Waals surface area (Å²) < 4.78 is 0. The van der Waals surface area contributed by atoms with Gasteiger partial charge in [-0.05, 0) is 82.1 Å². The molecule has 6 nitrogen and oxygen atoms in total. The van der Waals surface area contributed by atoms with Gasteiger partial charge in [0.25, 0.3) is 0 Å². The van der Waals surface area contributed by atoms with Crippen molar-refractivity contribution in [2.24, 2.45) is 11.8 Å². The third-order valence-corrected chi connectivity index (χ3v) is 7.38. The minimum absolute atomic E-state index is 0.00210. The van der Waals surface area contributed by atoms with Gasteiger partial charge in [-0.1, -0.05) is 18.2 Å². The van der Waals surface area contributed by atoms with E-state index in [1.165, 1.54) is 25.7 Å². The van der Waals surface area contributed by atoms with E-state index >= 15 is 0 Å². The Balaban J connectivity index is 1.74. The molecule has 3 rings (SSSR count). The van der Waals surface area contributed by atoms with Gasteiger partial charge in [0.1, 0.15) is 6.29 Å². The molecular formula is C26H40N4O2. The lowest BCUT2D eigenvalue weighted by atomic mass is 9.79. The van der Waals surface area contributed by atoms with Gasteiger partial charge in [-0.25, -0.2) is 0 Å². The van der Waals surface area contributed by atoms with Crippen LogP contribution in [0.5, 0.6) is 0 Å². The highest BCUT2D eigenvalue weighted by Crippen LogP contribution is 2.34. The predicted molar refractivity (Wildman–Crippen MR) is 131 cm³/mol. The quantitative estimate of drug-likeness (QED) is 0.432. The fraction of sp³-hybridized carbons (Fsp3) is 0.615. The summed E-state index contributed by atoms with van der Waals surface area (Å²) >= 11 is 0. The fourth-order valence-electron chi connectivity index (χ4n) is 5.45. The second kappa shape index (κ2) is 12.2. The number of aldehydes is 1. The van der Waals surface area contributed by atoms with Gasteiger partial charge in [-0.15, -0.1) is 6.58 Å². The zero-order chi connectivity index (χ0) is 22.9. The maximum atomic E-state index is 12.5. The van der Waals surface area contributed by atoms with Crippen molar-refractivity contribution in [2.75, 3.05) is 45.2 Å². The lowest BCUT2D eigenvalue weighted by Crippen LogP contribution is -2.44. The molecule has 2 fully saturated rings. The molecule has 2 saturated heterocycles. The Labute approximate surface area is 193 Å². The third kappa shape index (κ3) is 5.99. The highest BCUT2D eigenvalue weighted by atomic mass is 16.2. The maximum Gasteiger partial charge on any atom is 0.237 e. The van der Waals surface area contributed by atoms with Crippen LogP contribution < -0.4 is 15.5 Å². The summed E-state index contributed by atoms with van der Waals surface area (Å²) in [6, 6.07) is 5.76. The first-order chi connectivity index (χ1) is 15.6. The molecule has 0 aliphatic carbocycles. The van der Waals surface area contributed by atoms with Crippen LogP contribution in [0.2, 0.25) is 0 Å². The second-order valence-corrected chi connectivity index (χ2v) is 9.29. The van der Waals surface area contributed by atoms with E-state index in [0.29, 0.717) is 18.5 Å². The van der Waals surface area contributed by atoms with Crippen LogP contribution in [0.25, 0.3) is 0 Å². The first kappa shape index (κ1) is 24.5. The van der Waals surface area contributed by atoms with E-state index in [1.54, 1.807) is 7.05 Å². The van der Waals surface area contributed by atoms with Crippen molar-refractivity contribution >= 4 is 17.9 Å². The molecule has 1 unspecified atom stereocenters. The molecule has 1 amide bonds. The van der Waals surface area contributed by atoms with Gasteiger partial charge in [0.05, 0.1) is 6.04 Å². The number of piperidine rings is 2. The first-order valence-corrected chi connectivity index (χ1v) is 12.1. The van der Waals surface area contributed by atoms with E-state index in [9.17, 15) is 9.59 Å². The zero-order valence-electron chi connectivity index (χ0n) is 19.8. The number of nitrogens with one attached hydrogen (secondary N) is 2. The van der Waals surface area contributed by atoms with E-state index in [-0.39, 0.29) is 11.9 Å². The maximum absolute atomic E-state index is 12.5. The summed E-state index contributed by atoms with van der Waals surface area (Å²) in [6.07, 6.45) is 9.31. The van der Waals surface area contributed by atoms with Crippen molar-refractivity contribution in [3.8, 4) is 0 Å². The molecule has 6 heteroatoms. The Bertz CT molecular complexity index is 767. The molecule has 2 aliphatic heterocycles. The molecule has 0 aromatic heterocycles. The van der Waals surface area contributed by atoms with Gasteiger partial charge in [-0.2, -0.15) is 0 Å². The van der Waals surface area contributed by atoms with Crippen LogP contribution in [0.4, 0.5) is 5.69 Å². The molecule has 1 aromatic carbocycles. The number of likely N-dealkylation sites (N-methyl/N-ethyl adjacent to an activating group) is 2. The van der Waals surface area contributed by atoms with E-state index in [4.69, 9.17) is 0 Å². The molecule has 0 bridgehead atoms. The van der Waals surface area contributed by atoms with Gasteiger partial charge >= 0.3 is 0 Å². The van der Waals surface area contributed by atoms with Gasteiger partial charge in [-0.3, -0.25) is 14.5 Å². The average Bonchev–Trinajstić information content (AvgIpc) is 2.84. The minimum atomic E-state index is -0.254. The number of carbonyl (C=O) groups is 2. The molecular weight excluding hydrogens is 400 g/mol. The summed E-state index contributed by atoms with van der Waals surface area (Å²) in [4.78, 5) is 28.9. The van der Waals surface area contributed by atoms with Crippen molar-refractivity contribution in [3.05, 3.63) is 42.0 Å². The summed E-state index contributed by atoms with van der Waals surface area (Å²) in [5.41, 5.74) is 2.89. The normalized spacial score (nSPS) is 19.0. The largest absolute Gasteiger partial charge is 0.371 e. The molecule has 0 spiro atoms. The van der Waals surface area contributed by atoms with Crippen LogP contribution in [0.15, 0.2) is 30.9 Å². The Hall–Kier alpha value is -2.18. The summed E-state index contributed by atoms with van der Waals surface area (Å²) in [5, 5.41) is 6.26. The molecule has 2 N–H and O–H groups in total. The van der Waals surface area contributed by atoms with Crippen molar-refractivity contribution in [3.63, 3.8) is 0 Å². The number of nitrogens with zero attached hydrogens (tertiary/aromatic N) is 2. The number of carbonyl (C=O) groups excluding carboxylic acids is 2. The van der Waals surface area contributed by atoms with Crippen LogP contribution >= 0.6 is 0 Å². The zero-order valence-corrected chi connectivity index (χ0v) is 19.8. The van der Waals surface area contributed by atoms with Crippen molar-refractivity contribution < 1.29 is 9.59 Å². The highest BCUT2D eigenvalue weighted by Gasteiger charge is 2.29. The topological polar surface area (TPSA) is 64.7 Å². The van der Waals surface area contributed by atoms with Crippen molar-refractivity contribution in [2.45, 2.75) is 51.1 Å².